The Kier molecular flexibility index (Phi) is 4.74. The topological polar surface area (TPSA) is 85.4 Å². The summed E-state index contributed by atoms with van der Waals surface area (Å²) in [5.41, 5.74) is 6.29. The van der Waals surface area contributed by atoms with E-state index in [1.54, 1.807) is 12.3 Å². The van der Waals surface area contributed by atoms with Crippen molar-refractivity contribution < 1.29 is 14.6 Å². The van der Waals surface area contributed by atoms with Gasteiger partial charge >= 0.3 is 5.97 Å². The number of rotatable bonds is 5. The first-order valence-corrected chi connectivity index (χ1v) is 6.75. The predicted octanol–water partition coefficient (Wildman–Crippen LogP) is 1.75. The van der Waals surface area contributed by atoms with Crippen LogP contribution >= 0.6 is 0 Å². The van der Waals surface area contributed by atoms with E-state index in [1.165, 1.54) is 19.3 Å². The Morgan fingerprint density at radius 2 is 2.16 bits per heavy atom. The van der Waals surface area contributed by atoms with Gasteiger partial charge in [0.25, 0.3) is 0 Å². The van der Waals surface area contributed by atoms with Crippen molar-refractivity contribution in [2.75, 3.05) is 0 Å². The second-order valence-electron chi connectivity index (χ2n) is 5.03. The summed E-state index contributed by atoms with van der Waals surface area (Å²) in [6, 6.07) is 2.74. The fourth-order valence-electron chi connectivity index (χ4n) is 2.30. The van der Waals surface area contributed by atoms with E-state index in [9.17, 15) is 4.79 Å². The summed E-state index contributed by atoms with van der Waals surface area (Å²) in [7, 11) is 0. The zero-order valence-electron chi connectivity index (χ0n) is 10.9. The molecule has 1 fully saturated rings. The van der Waals surface area contributed by atoms with Gasteiger partial charge in [-0.1, -0.05) is 12.5 Å². The van der Waals surface area contributed by atoms with Crippen molar-refractivity contribution in [2.24, 2.45) is 5.73 Å². The molecule has 5 nitrogen and oxygen atoms in total. The average Bonchev–Trinajstić information content (AvgIpc) is 2.42. The van der Waals surface area contributed by atoms with Gasteiger partial charge in [-0.05, 0) is 37.7 Å². The molecule has 0 amide bonds. The lowest BCUT2D eigenvalue weighted by molar-refractivity contribution is -0.138. The molecular weight excluding hydrogens is 244 g/mol. The molecule has 0 bridgehead atoms. The Labute approximate surface area is 112 Å². The molecule has 0 aliphatic heterocycles. The number of pyridine rings is 1. The smallest absolute Gasteiger partial charge is 0.320 e. The van der Waals surface area contributed by atoms with Crippen LogP contribution in [-0.2, 0) is 11.2 Å². The van der Waals surface area contributed by atoms with Crippen LogP contribution in [0.2, 0.25) is 0 Å². The van der Waals surface area contributed by atoms with Crippen molar-refractivity contribution in [3.05, 3.63) is 23.9 Å². The van der Waals surface area contributed by atoms with Crippen molar-refractivity contribution in [1.82, 2.24) is 4.98 Å². The first-order chi connectivity index (χ1) is 9.15. The number of nitrogens with two attached hydrogens (primary N) is 1. The van der Waals surface area contributed by atoms with Gasteiger partial charge in [0.1, 0.15) is 12.1 Å². The van der Waals surface area contributed by atoms with E-state index in [0.717, 1.165) is 18.4 Å². The number of hydrogen-bond donors (Lipinski definition) is 2. The highest BCUT2D eigenvalue weighted by atomic mass is 16.5. The summed E-state index contributed by atoms with van der Waals surface area (Å²) in [5, 5.41) is 8.74. The van der Waals surface area contributed by atoms with Gasteiger partial charge in [-0.25, -0.2) is 4.98 Å². The molecular formula is C14H20N2O3. The summed E-state index contributed by atoms with van der Waals surface area (Å²) in [6.45, 7) is 0. The minimum atomic E-state index is -0.998. The van der Waals surface area contributed by atoms with E-state index in [1.807, 2.05) is 6.07 Å². The number of nitrogens with zero attached hydrogens (tertiary/aromatic N) is 1. The van der Waals surface area contributed by atoms with E-state index >= 15 is 0 Å². The third-order valence-corrected chi connectivity index (χ3v) is 3.41. The Bertz CT molecular complexity index is 413. The zero-order valence-corrected chi connectivity index (χ0v) is 10.9. The number of hydrogen-bond acceptors (Lipinski definition) is 4. The summed E-state index contributed by atoms with van der Waals surface area (Å²) in [5.74, 6) is -0.387. The Hall–Kier alpha value is -1.62. The van der Waals surface area contributed by atoms with E-state index in [4.69, 9.17) is 15.6 Å². The lowest BCUT2D eigenvalue weighted by Crippen LogP contribution is -2.32. The van der Waals surface area contributed by atoms with Crippen LogP contribution in [0.15, 0.2) is 18.3 Å². The molecule has 5 heteroatoms. The van der Waals surface area contributed by atoms with Gasteiger partial charge in [-0.3, -0.25) is 4.79 Å². The van der Waals surface area contributed by atoms with Gasteiger partial charge in [0.05, 0.1) is 0 Å². The van der Waals surface area contributed by atoms with Crippen molar-refractivity contribution >= 4 is 5.97 Å². The Morgan fingerprint density at radius 3 is 2.74 bits per heavy atom. The highest BCUT2D eigenvalue weighted by Crippen LogP contribution is 2.22. The first-order valence-electron chi connectivity index (χ1n) is 6.75. The van der Waals surface area contributed by atoms with Crippen LogP contribution < -0.4 is 10.5 Å². The quantitative estimate of drug-likeness (QED) is 0.846. The average molecular weight is 264 g/mol. The molecule has 1 aliphatic rings. The SMILES string of the molecule is NC(Cc1ccc(OC2CCCCC2)nc1)C(=O)O. The minimum absolute atomic E-state index is 0.272. The number of aliphatic carboxylic acids is 1. The molecule has 0 aromatic carbocycles. The van der Waals surface area contributed by atoms with E-state index in [0.29, 0.717) is 5.88 Å². The minimum Gasteiger partial charge on any atom is -0.480 e. The van der Waals surface area contributed by atoms with Crippen molar-refractivity contribution in [3.8, 4) is 5.88 Å². The third kappa shape index (κ3) is 4.21. The maximum absolute atomic E-state index is 10.7. The highest BCUT2D eigenvalue weighted by Gasteiger charge is 2.16. The largest absolute Gasteiger partial charge is 0.480 e. The first kappa shape index (κ1) is 13.8. The molecule has 2 rings (SSSR count). The second kappa shape index (κ2) is 6.52. The lowest BCUT2D eigenvalue weighted by atomic mass is 9.98. The molecule has 1 saturated carbocycles. The number of carboxylic acid groups (broad SMARTS) is 1. The highest BCUT2D eigenvalue weighted by molar-refractivity contribution is 5.73. The fraction of sp³-hybridized carbons (Fsp3) is 0.571. The molecule has 0 radical (unpaired) electrons. The van der Waals surface area contributed by atoms with E-state index in [-0.39, 0.29) is 12.5 Å². The number of ether oxygens (including phenoxy) is 1. The molecule has 0 saturated heterocycles. The normalized spacial score (nSPS) is 17.9. The van der Waals surface area contributed by atoms with E-state index < -0.39 is 12.0 Å². The van der Waals surface area contributed by atoms with Crippen molar-refractivity contribution in [2.45, 2.75) is 50.7 Å². The molecule has 1 atom stereocenters. The van der Waals surface area contributed by atoms with Crippen LogP contribution in [0.4, 0.5) is 0 Å². The van der Waals surface area contributed by atoms with E-state index in [2.05, 4.69) is 4.98 Å². The zero-order chi connectivity index (χ0) is 13.7. The molecule has 1 aromatic heterocycles. The second-order valence-corrected chi connectivity index (χ2v) is 5.03. The maximum atomic E-state index is 10.7. The summed E-state index contributed by atoms with van der Waals surface area (Å²) < 4.78 is 5.80. The van der Waals surface area contributed by atoms with Crippen LogP contribution in [-0.4, -0.2) is 28.2 Å². The molecule has 1 aliphatic carbocycles. The Morgan fingerprint density at radius 1 is 1.42 bits per heavy atom. The van der Waals surface area contributed by atoms with Crippen LogP contribution in [0, 0.1) is 0 Å². The van der Waals surface area contributed by atoms with Crippen molar-refractivity contribution in [1.29, 1.82) is 0 Å². The van der Waals surface area contributed by atoms with Crippen LogP contribution in [0.3, 0.4) is 0 Å². The van der Waals surface area contributed by atoms with Gasteiger partial charge in [-0.2, -0.15) is 0 Å². The van der Waals surface area contributed by atoms with Gasteiger partial charge in [-0.15, -0.1) is 0 Å². The molecule has 104 valence electrons. The Balaban J connectivity index is 1.88. The molecule has 1 heterocycles. The standard InChI is InChI=1S/C14H20N2O3/c15-12(14(17)18)8-10-6-7-13(16-9-10)19-11-4-2-1-3-5-11/h6-7,9,11-12H,1-5,8,15H2,(H,17,18). The monoisotopic (exact) mass is 264 g/mol. The fourth-order valence-corrected chi connectivity index (χ4v) is 2.30. The maximum Gasteiger partial charge on any atom is 0.320 e. The molecule has 1 unspecified atom stereocenters. The molecule has 3 N–H and O–H groups in total. The summed E-state index contributed by atoms with van der Waals surface area (Å²) >= 11 is 0. The number of carboxylic acids is 1. The molecule has 19 heavy (non-hydrogen) atoms. The van der Waals surface area contributed by atoms with Crippen LogP contribution in [0.25, 0.3) is 0 Å². The third-order valence-electron chi connectivity index (χ3n) is 3.41. The van der Waals surface area contributed by atoms with Gasteiger partial charge in [0, 0.05) is 12.3 Å². The summed E-state index contributed by atoms with van der Waals surface area (Å²) in [4.78, 5) is 14.9. The van der Waals surface area contributed by atoms with Gasteiger partial charge < -0.3 is 15.6 Å². The van der Waals surface area contributed by atoms with Crippen molar-refractivity contribution in [3.63, 3.8) is 0 Å². The van der Waals surface area contributed by atoms with Gasteiger partial charge in [0.15, 0.2) is 0 Å². The summed E-state index contributed by atoms with van der Waals surface area (Å²) in [6.07, 6.45) is 8.10. The van der Waals surface area contributed by atoms with Gasteiger partial charge in [0.2, 0.25) is 5.88 Å². The number of aromatic nitrogens is 1. The molecule has 0 spiro atoms. The van der Waals surface area contributed by atoms with Crippen LogP contribution in [0.1, 0.15) is 37.7 Å². The number of carbonyl (C=O) groups is 1. The van der Waals surface area contributed by atoms with Crippen LogP contribution in [0.5, 0.6) is 5.88 Å². The lowest BCUT2D eigenvalue weighted by Gasteiger charge is -2.22. The predicted molar refractivity (Wildman–Crippen MR) is 71.1 cm³/mol. The molecule has 1 aromatic rings.